The van der Waals surface area contributed by atoms with Crippen LogP contribution in [0, 0.1) is 6.92 Å². The number of aromatic nitrogens is 1. The highest BCUT2D eigenvalue weighted by molar-refractivity contribution is 7.18. The van der Waals surface area contributed by atoms with Gasteiger partial charge < -0.3 is 4.90 Å². The monoisotopic (exact) mass is 260 g/mol. The van der Waals surface area contributed by atoms with E-state index in [0.717, 1.165) is 46.7 Å². The number of carbonyl (C=O) groups excluding carboxylic acids is 1. The molecule has 1 fully saturated rings. The molecule has 0 bridgehead atoms. The minimum Gasteiger partial charge on any atom is -0.339 e. The maximum Gasteiger partial charge on any atom is 0.253 e. The van der Waals surface area contributed by atoms with Gasteiger partial charge in [-0.05, 0) is 44.4 Å². The van der Waals surface area contributed by atoms with Crippen molar-refractivity contribution in [1.29, 1.82) is 0 Å². The van der Waals surface area contributed by atoms with Gasteiger partial charge in [-0.1, -0.05) is 0 Å². The molecule has 1 aliphatic rings. The topological polar surface area (TPSA) is 33.2 Å². The summed E-state index contributed by atoms with van der Waals surface area (Å²) in [6.45, 7) is 3.79. The van der Waals surface area contributed by atoms with E-state index >= 15 is 0 Å². The van der Waals surface area contributed by atoms with Crippen LogP contribution >= 0.6 is 11.3 Å². The van der Waals surface area contributed by atoms with E-state index in [-0.39, 0.29) is 5.91 Å². The SMILES string of the molecule is Cc1nc2cc(C(=O)N3CCCCC3)ccc2s1. The third-order valence-corrected chi connectivity index (χ3v) is 4.34. The highest BCUT2D eigenvalue weighted by Crippen LogP contribution is 2.23. The van der Waals surface area contributed by atoms with Crippen molar-refractivity contribution < 1.29 is 4.79 Å². The second kappa shape index (κ2) is 4.69. The lowest BCUT2D eigenvalue weighted by Crippen LogP contribution is -2.35. The molecule has 3 nitrogen and oxygen atoms in total. The molecule has 94 valence electrons. The number of piperidine rings is 1. The molecule has 2 heterocycles. The third kappa shape index (κ3) is 2.12. The average Bonchev–Trinajstić information content (AvgIpc) is 2.78. The number of rotatable bonds is 1. The molecular weight excluding hydrogens is 244 g/mol. The summed E-state index contributed by atoms with van der Waals surface area (Å²) in [7, 11) is 0. The molecule has 0 spiro atoms. The standard InChI is InChI=1S/C14H16N2OS/c1-10-15-12-9-11(5-6-13(12)18-10)14(17)16-7-3-2-4-8-16/h5-6,9H,2-4,7-8H2,1H3. The molecule has 1 saturated heterocycles. The number of fused-ring (bicyclic) bond motifs is 1. The summed E-state index contributed by atoms with van der Waals surface area (Å²) in [5.74, 6) is 0.155. The number of carbonyl (C=O) groups is 1. The smallest absolute Gasteiger partial charge is 0.253 e. The summed E-state index contributed by atoms with van der Waals surface area (Å²) in [5.41, 5.74) is 1.72. The van der Waals surface area contributed by atoms with Crippen molar-refractivity contribution in [2.75, 3.05) is 13.1 Å². The summed E-state index contributed by atoms with van der Waals surface area (Å²) < 4.78 is 1.16. The Balaban J connectivity index is 1.90. The maximum absolute atomic E-state index is 12.4. The zero-order chi connectivity index (χ0) is 12.5. The largest absolute Gasteiger partial charge is 0.339 e. The van der Waals surface area contributed by atoms with Crippen LogP contribution in [0.15, 0.2) is 18.2 Å². The fourth-order valence-corrected chi connectivity index (χ4v) is 3.26. The van der Waals surface area contributed by atoms with Crippen molar-refractivity contribution in [2.45, 2.75) is 26.2 Å². The van der Waals surface area contributed by atoms with Gasteiger partial charge in [-0.15, -0.1) is 11.3 Å². The molecule has 1 amide bonds. The molecule has 18 heavy (non-hydrogen) atoms. The van der Waals surface area contributed by atoms with Crippen LogP contribution in [-0.4, -0.2) is 28.9 Å². The Kier molecular flexibility index (Phi) is 3.04. The fourth-order valence-electron chi connectivity index (χ4n) is 2.46. The van der Waals surface area contributed by atoms with E-state index in [1.54, 1.807) is 11.3 Å². The Bertz CT molecular complexity index is 584. The van der Waals surface area contributed by atoms with Crippen LogP contribution in [0.3, 0.4) is 0 Å². The number of likely N-dealkylation sites (tertiary alicyclic amines) is 1. The van der Waals surface area contributed by atoms with Gasteiger partial charge >= 0.3 is 0 Å². The third-order valence-electron chi connectivity index (χ3n) is 3.38. The van der Waals surface area contributed by atoms with Crippen molar-refractivity contribution in [1.82, 2.24) is 9.88 Å². The number of amides is 1. The normalized spacial score (nSPS) is 16.2. The second-order valence-electron chi connectivity index (χ2n) is 4.77. The molecule has 2 aromatic rings. The minimum absolute atomic E-state index is 0.155. The molecule has 1 aliphatic heterocycles. The van der Waals surface area contributed by atoms with Gasteiger partial charge in [-0.3, -0.25) is 4.79 Å². The van der Waals surface area contributed by atoms with Gasteiger partial charge in [-0.25, -0.2) is 4.98 Å². The molecule has 3 rings (SSSR count). The number of nitrogens with zero attached hydrogens (tertiary/aromatic N) is 2. The first-order chi connectivity index (χ1) is 8.74. The summed E-state index contributed by atoms with van der Waals surface area (Å²) in [4.78, 5) is 18.8. The van der Waals surface area contributed by atoms with Crippen LogP contribution < -0.4 is 0 Å². The molecule has 0 saturated carbocycles. The molecule has 4 heteroatoms. The Morgan fingerprint density at radius 1 is 1.28 bits per heavy atom. The molecule has 0 aliphatic carbocycles. The Hall–Kier alpha value is -1.42. The summed E-state index contributed by atoms with van der Waals surface area (Å²) in [6.07, 6.45) is 3.50. The number of hydrogen-bond donors (Lipinski definition) is 0. The maximum atomic E-state index is 12.4. The molecule has 0 unspecified atom stereocenters. The molecule has 0 radical (unpaired) electrons. The first-order valence-electron chi connectivity index (χ1n) is 6.40. The average molecular weight is 260 g/mol. The molecule has 1 aromatic carbocycles. The minimum atomic E-state index is 0.155. The molecule has 0 N–H and O–H groups in total. The molecular formula is C14H16N2OS. The van der Waals surface area contributed by atoms with E-state index in [4.69, 9.17) is 0 Å². The zero-order valence-electron chi connectivity index (χ0n) is 10.5. The van der Waals surface area contributed by atoms with Crippen molar-refractivity contribution in [2.24, 2.45) is 0 Å². The predicted octanol–water partition coefficient (Wildman–Crippen LogP) is 3.23. The van der Waals surface area contributed by atoms with E-state index in [9.17, 15) is 4.79 Å². The van der Waals surface area contributed by atoms with Gasteiger partial charge in [0.1, 0.15) is 0 Å². The van der Waals surface area contributed by atoms with Crippen LogP contribution in [0.2, 0.25) is 0 Å². The van der Waals surface area contributed by atoms with Gasteiger partial charge in [-0.2, -0.15) is 0 Å². The van der Waals surface area contributed by atoms with Crippen molar-refractivity contribution in [3.05, 3.63) is 28.8 Å². The van der Waals surface area contributed by atoms with Crippen LogP contribution in [0.4, 0.5) is 0 Å². The first-order valence-corrected chi connectivity index (χ1v) is 7.22. The molecule has 1 aromatic heterocycles. The van der Waals surface area contributed by atoms with Crippen LogP contribution in [0.25, 0.3) is 10.2 Å². The number of thiazole rings is 1. The van der Waals surface area contributed by atoms with Crippen LogP contribution in [-0.2, 0) is 0 Å². The van der Waals surface area contributed by atoms with E-state index in [1.807, 2.05) is 30.0 Å². The number of aryl methyl sites for hydroxylation is 1. The predicted molar refractivity (Wildman–Crippen MR) is 74.1 cm³/mol. The van der Waals surface area contributed by atoms with E-state index < -0.39 is 0 Å². The molecule has 0 atom stereocenters. The number of benzene rings is 1. The summed E-state index contributed by atoms with van der Waals surface area (Å²) in [5, 5.41) is 1.05. The highest BCUT2D eigenvalue weighted by Gasteiger charge is 2.18. The van der Waals surface area contributed by atoms with Gasteiger partial charge in [0.15, 0.2) is 0 Å². The summed E-state index contributed by atoms with van der Waals surface area (Å²) in [6, 6.07) is 5.86. The highest BCUT2D eigenvalue weighted by atomic mass is 32.1. The van der Waals surface area contributed by atoms with Crippen molar-refractivity contribution in [3.63, 3.8) is 0 Å². The Morgan fingerprint density at radius 2 is 2.06 bits per heavy atom. The quantitative estimate of drug-likeness (QED) is 0.788. The van der Waals surface area contributed by atoms with E-state index in [2.05, 4.69) is 4.98 Å². The van der Waals surface area contributed by atoms with Gasteiger partial charge in [0.2, 0.25) is 0 Å². The van der Waals surface area contributed by atoms with Gasteiger partial charge in [0, 0.05) is 18.7 Å². The Morgan fingerprint density at radius 3 is 2.83 bits per heavy atom. The van der Waals surface area contributed by atoms with Crippen molar-refractivity contribution in [3.8, 4) is 0 Å². The van der Waals surface area contributed by atoms with Crippen LogP contribution in [0.1, 0.15) is 34.6 Å². The zero-order valence-corrected chi connectivity index (χ0v) is 11.3. The van der Waals surface area contributed by atoms with E-state index in [1.165, 1.54) is 6.42 Å². The van der Waals surface area contributed by atoms with Crippen LogP contribution in [0.5, 0.6) is 0 Å². The van der Waals surface area contributed by atoms with Crippen molar-refractivity contribution >= 4 is 27.5 Å². The first kappa shape index (κ1) is 11.7. The van der Waals surface area contributed by atoms with Gasteiger partial charge in [0.05, 0.1) is 15.2 Å². The second-order valence-corrected chi connectivity index (χ2v) is 6.00. The summed E-state index contributed by atoms with van der Waals surface area (Å²) >= 11 is 1.67. The lowest BCUT2D eigenvalue weighted by Gasteiger charge is -2.26. The lowest BCUT2D eigenvalue weighted by molar-refractivity contribution is 0.0724. The lowest BCUT2D eigenvalue weighted by atomic mass is 10.1. The van der Waals surface area contributed by atoms with Gasteiger partial charge in [0.25, 0.3) is 5.91 Å². The van der Waals surface area contributed by atoms with E-state index in [0.29, 0.717) is 0 Å². The fraction of sp³-hybridized carbons (Fsp3) is 0.429. The Labute approximate surface area is 110 Å². The number of hydrogen-bond acceptors (Lipinski definition) is 3.